The normalized spacial score (nSPS) is 17.1. The Labute approximate surface area is 114 Å². The molecule has 1 aliphatic carbocycles. The molecule has 1 saturated carbocycles. The summed E-state index contributed by atoms with van der Waals surface area (Å²) >= 11 is 0. The fourth-order valence-corrected chi connectivity index (χ4v) is 2.83. The van der Waals surface area contributed by atoms with Crippen molar-refractivity contribution in [3.63, 3.8) is 0 Å². The second-order valence-electron chi connectivity index (χ2n) is 5.29. The molecule has 1 aromatic rings. The largest absolute Gasteiger partial charge is 0.467 e. The second kappa shape index (κ2) is 7.34. The van der Waals surface area contributed by atoms with Crippen molar-refractivity contribution in [3.8, 4) is 0 Å². The molecule has 0 bridgehead atoms. The Kier molecular flexibility index (Phi) is 5.45. The smallest absolute Gasteiger partial charge is 0.224 e. The Morgan fingerprint density at radius 2 is 2.05 bits per heavy atom. The predicted octanol–water partition coefficient (Wildman–Crippen LogP) is 2.68. The van der Waals surface area contributed by atoms with Gasteiger partial charge in [0.25, 0.3) is 0 Å². The highest BCUT2D eigenvalue weighted by Gasteiger charge is 2.24. The van der Waals surface area contributed by atoms with Crippen molar-refractivity contribution in [2.75, 3.05) is 6.54 Å². The van der Waals surface area contributed by atoms with Crippen LogP contribution in [0.1, 0.15) is 50.7 Å². The summed E-state index contributed by atoms with van der Waals surface area (Å²) in [6.45, 7) is 0.997. The Hall–Kier alpha value is -1.29. The maximum atomic E-state index is 12.3. The second-order valence-corrected chi connectivity index (χ2v) is 5.29. The zero-order chi connectivity index (χ0) is 13.5. The fourth-order valence-electron chi connectivity index (χ4n) is 2.83. The molecule has 0 aromatic carbocycles. The van der Waals surface area contributed by atoms with Crippen LogP contribution in [0.2, 0.25) is 0 Å². The van der Waals surface area contributed by atoms with E-state index in [-0.39, 0.29) is 5.91 Å². The lowest BCUT2D eigenvalue weighted by Crippen LogP contribution is -2.40. The summed E-state index contributed by atoms with van der Waals surface area (Å²) in [6, 6.07) is 4.15. The van der Waals surface area contributed by atoms with E-state index in [9.17, 15) is 4.79 Å². The molecular weight excluding hydrogens is 240 g/mol. The third kappa shape index (κ3) is 4.10. The molecule has 0 unspecified atom stereocenters. The number of carbonyl (C=O) groups excluding carboxylic acids is 1. The summed E-state index contributed by atoms with van der Waals surface area (Å²) in [7, 11) is 0. The van der Waals surface area contributed by atoms with Gasteiger partial charge in [-0.25, -0.2) is 0 Å². The van der Waals surface area contributed by atoms with E-state index in [1.165, 1.54) is 25.7 Å². The van der Waals surface area contributed by atoms with Crippen LogP contribution in [0, 0.1) is 0 Å². The first-order valence-electron chi connectivity index (χ1n) is 7.33. The molecule has 0 saturated heterocycles. The molecule has 1 aliphatic rings. The van der Waals surface area contributed by atoms with Crippen LogP contribution in [0.25, 0.3) is 0 Å². The number of rotatable bonds is 5. The van der Waals surface area contributed by atoms with Crippen molar-refractivity contribution >= 4 is 5.91 Å². The van der Waals surface area contributed by atoms with Crippen molar-refractivity contribution in [3.05, 3.63) is 24.2 Å². The molecule has 1 amide bonds. The van der Waals surface area contributed by atoms with Gasteiger partial charge in [0.2, 0.25) is 5.91 Å². The quantitative estimate of drug-likeness (QED) is 0.832. The summed E-state index contributed by atoms with van der Waals surface area (Å²) in [4.78, 5) is 14.3. The van der Waals surface area contributed by atoms with Crippen LogP contribution in [0.5, 0.6) is 0 Å². The minimum Gasteiger partial charge on any atom is -0.467 e. The molecule has 106 valence electrons. The van der Waals surface area contributed by atoms with Crippen LogP contribution in [0.3, 0.4) is 0 Å². The molecule has 1 heterocycles. The van der Waals surface area contributed by atoms with E-state index in [2.05, 4.69) is 0 Å². The van der Waals surface area contributed by atoms with E-state index in [1.807, 2.05) is 17.0 Å². The molecule has 2 rings (SSSR count). The van der Waals surface area contributed by atoms with Gasteiger partial charge in [0.05, 0.1) is 12.8 Å². The number of nitrogens with zero attached hydrogens (tertiary/aromatic N) is 1. The standard InChI is InChI=1S/C15H24N2O2/c16-10-9-15(18)17(12-14-8-5-11-19-14)13-6-3-1-2-4-7-13/h5,8,11,13H,1-4,6-7,9-10,12,16H2. The van der Waals surface area contributed by atoms with Gasteiger partial charge in [0, 0.05) is 19.0 Å². The summed E-state index contributed by atoms with van der Waals surface area (Å²) < 4.78 is 5.39. The summed E-state index contributed by atoms with van der Waals surface area (Å²) in [5.74, 6) is 1.01. The van der Waals surface area contributed by atoms with Gasteiger partial charge in [-0.15, -0.1) is 0 Å². The van der Waals surface area contributed by atoms with Gasteiger partial charge >= 0.3 is 0 Å². The first kappa shape index (κ1) is 14.1. The fraction of sp³-hybridized carbons (Fsp3) is 0.667. The average Bonchev–Trinajstić information content (AvgIpc) is 2.77. The number of furan rings is 1. The molecule has 4 heteroatoms. The summed E-state index contributed by atoms with van der Waals surface area (Å²) in [5.41, 5.74) is 5.53. The zero-order valence-electron chi connectivity index (χ0n) is 11.5. The van der Waals surface area contributed by atoms with Crippen molar-refractivity contribution in [1.29, 1.82) is 0 Å². The first-order valence-corrected chi connectivity index (χ1v) is 7.33. The summed E-state index contributed by atoms with van der Waals surface area (Å²) in [6.07, 6.45) is 9.32. The monoisotopic (exact) mass is 264 g/mol. The van der Waals surface area contributed by atoms with E-state index in [0.717, 1.165) is 18.6 Å². The van der Waals surface area contributed by atoms with Gasteiger partial charge in [-0.2, -0.15) is 0 Å². The van der Waals surface area contributed by atoms with Gasteiger partial charge in [-0.1, -0.05) is 25.7 Å². The maximum absolute atomic E-state index is 12.3. The minimum absolute atomic E-state index is 0.158. The van der Waals surface area contributed by atoms with Crippen LogP contribution >= 0.6 is 0 Å². The van der Waals surface area contributed by atoms with E-state index < -0.39 is 0 Å². The van der Waals surface area contributed by atoms with Crippen LogP contribution in [0.15, 0.2) is 22.8 Å². The van der Waals surface area contributed by atoms with Crippen LogP contribution in [-0.4, -0.2) is 23.4 Å². The summed E-state index contributed by atoms with van der Waals surface area (Å²) in [5, 5.41) is 0. The van der Waals surface area contributed by atoms with Crippen LogP contribution in [0.4, 0.5) is 0 Å². The molecule has 4 nitrogen and oxygen atoms in total. The maximum Gasteiger partial charge on any atom is 0.224 e. The molecule has 0 aliphatic heterocycles. The molecular formula is C15H24N2O2. The van der Waals surface area contributed by atoms with E-state index >= 15 is 0 Å². The predicted molar refractivity (Wildman–Crippen MR) is 74.4 cm³/mol. The molecule has 1 fully saturated rings. The number of amides is 1. The third-order valence-electron chi connectivity index (χ3n) is 3.85. The number of hydrogen-bond donors (Lipinski definition) is 1. The van der Waals surface area contributed by atoms with E-state index in [4.69, 9.17) is 10.2 Å². The minimum atomic E-state index is 0.158. The van der Waals surface area contributed by atoms with E-state index in [1.54, 1.807) is 6.26 Å². The molecule has 19 heavy (non-hydrogen) atoms. The van der Waals surface area contributed by atoms with Crippen LogP contribution in [-0.2, 0) is 11.3 Å². The van der Waals surface area contributed by atoms with Crippen molar-refractivity contribution in [2.45, 2.75) is 57.5 Å². The van der Waals surface area contributed by atoms with Crippen molar-refractivity contribution in [2.24, 2.45) is 5.73 Å². The van der Waals surface area contributed by atoms with Gasteiger partial charge in [-0.3, -0.25) is 4.79 Å². The Bertz CT molecular complexity index is 368. The lowest BCUT2D eigenvalue weighted by molar-refractivity contribution is -0.134. The molecule has 0 spiro atoms. The topological polar surface area (TPSA) is 59.5 Å². The highest BCUT2D eigenvalue weighted by molar-refractivity contribution is 5.76. The molecule has 1 aromatic heterocycles. The molecule has 0 atom stereocenters. The zero-order valence-corrected chi connectivity index (χ0v) is 11.5. The van der Waals surface area contributed by atoms with Gasteiger partial charge in [0.1, 0.15) is 5.76 Å². The lowest BCUT2D eigenvalue weighted by Gasteiger charge is -2.30. The van der Waals surface area contributed by atoms with Crippen molar-refractivity contribution in [1.82, 2.24) is 4.90 Å². The number of nitrogens with two attached hydrogens (primary N) is 1. The Morgan fingerprint density at radius 1 is 1.32 bits per heavy atom. The first-order chi connectivity index (χ1) is 9.31. The molecule has 0 radical (unpaired) electrons. The highest BCUT2D eigenvalue weighted by atomic mass is 16.3. The lowest BCUT2D eigenvalue weighted by atomic mass is 10.1. The van der Waals surface area contributed by atoms with Crippen LogP contribution < -0.4 is 5.73 Å². The van der Waals surface area contributed by atoms with E-state index in [0.29, 0.717) is 25.6 Å². The Balaban J connectivity index is 2.05. The average molecular weight is 264 g/mol. The molecule has 2 N–H and O–H groups in total. The SMILES string of the molecule is NCCC(=O)N(Cc1ccco1)C1CCCCCC1. The number of carbonyl (C=O) groups is 1. The van der Waals surface area contributed by atoms with Gasteiger partial charge in [0.15, 0.2) is 0 Å². The van der Waals surface area contributed by atoms with Gasteiger partial charge < -0.3 is 15.1 Å². The third-order valence-corrected chi connectivity index (χ3v) is 3.85. The Morgan fingerprint density at radius 3 is 2.63 bits per heavy atom. The number of hydrogen-bond acceptors (Lipinski definition) is 3. The van der Waals surface area contributed by atoms with Crippen molar-refractivity contribution < 1.29 is 9.21 Å². The highest BCUT2D eigenvalue weighted by Crippen LogP contribution is 2.24. The van der Waals surface area contributed by atoms with Gasteiger partial charge in [-0.05, 0) is 25.0 Å².